The molecular formula is C10H8B2O4Si2Sr. The number of carbonyl (C=O) groups excluding carboxylic acids is 2. The summed E-state index contributed by atoms with van der Waals surface area (Å²) in [5.41, 5.74) is 1.47. The Morgan fingerprint density at radius 2 is 1.16 bits per heavy atom. The van der Waals surface area contributed by atoms with Crippen LogP contribution in [0.5, 0.6) is 0 Å². The van der Waals surface area contributed by atoms with Crippen molar-refractivity contribution < 1.29 is 19.8 Å². The molecule has 4 nitrogen and oxygen atoms in total. The first-order valence-electron chi connectivity index (χ1n) is 5.14. The average Bonchev–Trinajstić information content (AvgIpc) is 2.41. The van der Waals surface area contributed by atoms with Crippen LogP contribution in [-0.4, -0.2) is 86.2 Å². The van der Waals surface area contributed by atoms with Gasteiger partial charge in [0.1, 0.15) is 0 Å². The Labute approximate surface area is 152 Å². The van der Waals surface area contributed by atoms with Gasteiger partial charge in [-0.1, -0.05) is 0 Å². The second-order valence-electron chi connectivity index (χ2n) is 3.31. The summed E-state index contributed by atoms with van der Waals surface area (Å²) in [6.07, 6.45) is 0. The molecule has 0 aliphatic rings. The number of rotatable bonds is 2. The fourth-order valence-electron chi connectivity index (χ4n) is 1.15. The minimum absolute atomic E-state index is 0. The molecule has 9 heteroatoms. The molecule has 2 aromatic heterocycles. The van der Waals surface area contributed by atoms with Crippen molar-refractivity contribution in [2.45, 2.75) is 0 Å². The van der Waals surface area contributed by atoms with E-state index in [2.05, 4.69) is 0 Å². The average molecular weight is 358 g/mol. The maximum Gasteiger partial charge on any atom is 2.00 e. The molecule has 19 heavy (non-hydrogen) atoms. The molecule has 0 saturated carbocycles. The molecule has 0 aliphatic heterocycles. The number of hydrogen-bond donors (Lipinski definition) is 0. The molecule has 2 aromatic rings. The van der Waals surface area contributed by atoms with Gasteiger partial charge < -0.3 is 0 Å². The van der Waals surface area contributed by atoms with Crippen molar-refractivity contribution >= 4 is 86.2 Å². The molecule has 0 unspecified atom stereocenters. The first kappa shape index (κ1) is 18.9. The molecule has 0 radical (unpaired) electrons. The van der Waals surface area contributed by atoms with Crippen molar-refractivity contribution in [2.75, 3.05) is 0 Å². The first-order chi connectivity index (χ1) is 8.61. The minimum Gasteiger partial charge on any atom is 2.00 e. The fraction of sp³-hybridized carbons (Fsp3) is 0. The molecular weight excluding hydrogens is 350 g/mol. The summed E-state index contributed by atoms with van der Waals surface area (Å²) in [6, 6.07) is 7.09. The van der Waals surface area contributed by atoms with Gasteiger partial charge in [-0.05, 0) is 0 Å². The van der Waals surface area contributed by atoms with Gasteiger partial charge in [0.25, 0.3) is 0 Å². The fourth-order valence-corrected chi connectivity index (χ4v) is 3.19. The third kappa shape index (κ3) is 7.96. The van der Waals surface area contributed by atoms with Crippen LogP contribution in [0.3, 0.4) is 0 Å². The Morgan fingerprint density at radius 1 is 0.789 bits per heavy atom. The second-order valence-corrected chi connectivity index (χ2v) is 7.28. The molecule has 88 valence electrons. The van der Waals surface area contributed by atoms with Crippen molar-refractivity contribution in [3.8, 4) is 0 Å². The van der Waals surface area contributed by atoms with Gasteiger partial charge in [-0.2, -0.15) is 0 Å². The number of carbonyl (C=O) groups is 2. The Hall–Kier alpha value is -0.0558. The van der Waals surface area contributed by atoms with E-state index in [0.717, 1.165) is 0 Å². The predicted octanol–water partition coefficient (Wildman–Crippen LogP) is -1.90. The van der Waals surface area contributed by atoms with Gasteiger partial charge in [0.2, 0.25) is 0 Å². The summed E-state index contributed by atoms with van der Waals surface area (Å²) in [7, 11) is -2.90. The van der Waals surface area contributed by atoms with Crippen molar-refractivity contribution in [1.82, 2.24) is 0 Å². The third-order valence-electron chi connectivity index (χ3n) is 2.02. The van der Waals surface area contributed by atoms with E-state index in [0.29, 0.717) is 0 Å². The molecule has 0 saturated heterocycles. The maximum atomic E-state index is 10.2. The third-order valence-corrected chi connectivity index (χ3v) is 5.17. The van der Waals surface area contributed by atoms with Crippen LogP contribution >= 0.6 is 0 Å². The van der Waals surface area contributed by atoms with E-state index in [1.165, 1.54) is 0 Å². The standard InChI is InChI=1S/2C5H5BO2Si.Sr/c2*7-5(8)9-4-2-1-3-6-9;/h2*1-4H,(H,7,8);/q;;+2/p-2. The zero-order chi connectivity index (χ0) is 13.4. The molecule has 0 spiro atoms. The predicted molar refractivity (Wildman–Crippen MR) is 74.8 cm³/mol. The number of hydrogen-bond acceptors (Lipinski definition) is 4. The zero-order valence-corrected chi connectivity index (χ0v) is 15.6. The van der Waals surface area contributed by atoms with Crippen LogP contribution in [0.2, 0.25) is 0 Å². The molecule has 0 N–H and O–H groups in total. The largest absolute Gasteiger partial charge is 2.00 e. The second kappa shape index (κ2) is 10.7. The van der Waals surface area contributed by atoms with Gasteiger partial charge in [0.15, 0.2) is 0 Å². The van der Waals surface area contributed by atoms with Crippen LogP contribution in [0.25, 0.3) is 0 Å². The normalized spacial score (nSPS) is 8.00. The molecule has 2 heterocycles. The van der Waals surface area contributed by atoms with E-state index in [9.17, 15) is 19.8 Å². The monoisotopic (exact) mass is 358 g/mol. The van der Waals surface area contributed by atoms with E-state index in [4.69, 9.17) is 0 Å². The Balaban J connectivity index is 0.000000324. The van der Waals surface area contributed by atoms with Crippen LogP contribution in [0.15, 0.2) is 47.5 Å². The number of carboxylic acid groups (broad SMARTS) is 2. The quantitative estimate of drug-likeness (QED) is 0.588. The van der Waals surface area contributed by atoms with E-state index >= 15 is 0 Å². The Kier molecular flexibility index (Phi) is 10.7. The van der Waals surface area contributed by atoms with Gasteiger partial charge in [-0.25, -0.2) is 0 Å². The van der Waals surface area contributed by atoms with Gasteiger partial charge in [0, 0.05) is 0 Å². The van der Waals surface area contributed by atoms with E-state index in [1.807, 2.05) is 0 Å². The Bertz CT molecular complexity index is 478. The van der Waals surface area contributed by atoms with Crippen molar-refractivity contribution in [1.29, 1.82) is 0 Å². The van der Waals surface area contributed by atoms with Gasteiger partial charge in [0.05, 0.1) is 0 Å². The van der Waals surface area contributed by atoms with E-state index < -0.39 is 27.7 Å². The van der Waals surface area contributed by atoms with Gasteiger partial charge in [-0.3, -0.25) is 0 Å². The summed E-state index contributed by atoms with van der Waals surface area (Å²) in [5, 5.41) is 20.3. The van der Waals surface area contributed by atoms with Gasteiger partial charge in [-0.15, -0.1) is 0 Å². The summed E-state index contributed by atoms with van der Waals surface area (Å²) in [6.45, 7) is 3.36. The molecule has 0 aromatic carbocycles. The molecule has 0 fully saturated rings. The topological polar surface area (TPSA) is 80.3 Å². The van der Waals surface area contributed by atoms with Crippen LogP contribution in [-0.2, 0) is 0 Å². The van der Waals surface area contributed by atoms with Crippen LogP contribution in [0.4, 0.5) is 9.59 Å². The molecule has 0 bridgehead atoms. The minimum atomic E-state index is -1.45. The molecule has 0 aliphatic carbocycles. The van der Waals surface area contributed by atoms with E-state index in [-0.39, 0.29) is 45.5 Å². The molecule has 2 rings (SSSR count). The van der Waals surface area contributed by atoms with Crippen molar-refractivity contribution in [3.05, 3.63) is 47.5 Å². The SMILES string of the molecule is O=C([O-])[si]1bcccc1.O=C([O-])[si]1bcccc1.[Sr+2]. The van der Waals surface area contributed by atoms with Crippen LogP contribution in [0.1, 0.15) is 0 Å². The van der Waals surface area contributed by atoms with E-state index in [1.54, 1.807) is 60.5 Å². The first-order valence-corrected chi connectivity index (χ1v) is 8.45. The summed E-state index contributed by atoms with van der Waals surface area (Å²) in [5.74, 6) is 3.48. The van der Waals surface area contributed by atoms with Crippen LogP contribution < -0.4 is 10.2 Å². The summed E-state index contributed by atoms with van der Waals surface area (Å²) in [4.78, 5) is 20.3. The van der Waals surface area contributed by atoms with Crippen molar-refractivity contribution in [2.24, 2.45) is 0 Å². The zero-order valence-electron chi connectivity index (χ0n) is 10.1. The van der Waals surface area contributed by atoms with Gasteiger partial charge >= 0.3 is 154 Å². The molecule has 0 amide bonds. The Morgan fingerprint density at radius 3 is 1.32 bits per heavy atom. The smallest absolute Gasteiger partial charge is 2.00 e. The van der Waals surface area contributed by atoms with Crippen molar-refractivity contribution in [3.63, 3.8) is 0 Å². The molecule has 0 atom stereocenters. The summed E-state index contributed by atoms with van der Waals surface area (Å²) >= 11 is 0. The maximum absolute atomic E-state index is 10.2. The summed E-state index contributed by atoms with van der Waals surface area (Å²) < 4.78 is 0. The van der Waals surface area contributed by atoms with Crippen LogP contribution in [0, 0.1) is 0 Å².